The second-order valence-electron chi connectivity index (χ2n) is 8.99. The van der Waals surface area contributed by atoms with Gasteiger partial charge in [-0.15, -0.1) is 0 Å². The lowest BCUT2D eigenvalue weighted by atomic mass is 9.89. The molecule has 5 rings (SSSR count). The molecule has 1 amide bonds. The standard InChI is InChI=1S/C25H30N2O2.H2S/c28-24(22-9-5-2-6-10-22)27-18-23(29-25(19-27)13-14-25)21-11-15-26(16-12-21)17-20-7-3-1-4-8-20;/h1-10,21,23H,11-19H2;1H2/t23-;/m1./s1. The maximum atomic E-state index is 13.1. The van der Waals surface area contributed by atoms with Gasteiger partial charge in [0.1, 0.15) is 0 Å². The molecule has 3 aliphatic rings. The van der Waals surface area contributed by atoms with Crippen LogP contribution < -0.4 is 0 Å². The lowest BCUT2D eigenvalue weighted by Crippen LogP contribution is -2.54. The fraction of sp³-hybridized carbons (Fsp3) is 0.480. The van der Waals surface area contributed by atoms with E-state index in [2.05, 4.69) is 40.1 Å². The molecule has 2 aliphatic heterocycles. The van der Waals surface area contributed by atoms with Crippen molar-refractivity contribution in [1.29, 1.82) is 0 Å². The first-order valence-electron chi connectivity index (χ1n) is 11.0. The Kier molecular flexibility index (Phi) is 6.51. The zero-order valence-corrected chi connectivity index (χ0v) is 18.5. The predicted molar refractivity (Wildman–Crippen MR) is 124 cm³/mol. The molecule has 1 saturated carbocycles. The van der Waals surface area contributed by atoms with Crippen LogP contribution >= 0.6 is 13.5 Å². The number of carbonyl (C=O) groups is 1. The molecule has 1 atom stereocenters. The van der Waals surface area contributed by atoms with E-state index in [0.29, 0.717) is 5.92 Å². The molecule has 0 bridgehead atoms. The summed E-state index contributed by atoms with van der Waals surface area (Å²) in [5, 5.41) is 0. The predicted octanol–water partition coefficient (Wildman–Crippen LogP) is 4.09. The van der Waals surface area contributed by atoms with E-state index >= 15 is 0 Å². The Balaban J connectivity index is 0.00000218. The van der Waals surface area contributed by atoms with E-state index in [-0.39, 0.29) is 31.1 Å². The Hall–Kier alpha value is -1.82. The molecular weight excluding hydrogens is 392 g/mol. The maximum absolute atomic E-state index is 13.1. The zero-order chi connectivity index (χ0) is 19.7. The number of piperidine rings is 1. The van der Waals surface area contributed by atoms with E-state index in [9.17, 15) is 4.79 Å². The minimum Gasteiger partial charge on any atom is -0.368 e. The number of likely N-dealkylation sites (tertiary alicyclic amines) is 1. The Morgan fingerprint density at radius 3 is 2.23 bits per heavy atom. The summed E-state index contributed by atoms with van der Waals surface area (Å²) in [7, 11) is 0. The van der Waals surface area contributed by atoms with Gasteiger partial charge < -0.3 is 9.64 Å². The molecule has 2 aromatic rings. The Labute approximate surface area is 186 Å². The number of morpholine rings is 1. The van der Waals surface area contributed by atoms with Crippen LogP contribution in [0.2, 0.25) is 0 Å². The molecule has 30 heavy (non-hydrogen) atoms. The first kappa shape index (κ1) is 21.4. The third-order valence-electron chi connectivity index (χ3n) is 6.80. The van der Waals surface area contributed by atoms with Crippen LogP contribution in [0.25, 0.3) is 0 Å². The van der Waals surface area contributed by atoms with Crippen LogP contribution in [0, 0.1) is 5.92 Å². The summed E-state index contributed by atoms with van der Waals surface area (Å²) in [4.78, 5) is 17.7. The molecule has 5 heteroatoms. The lowest BCUT2D eigenvalue weighted by Gasteiger charge is -2.44. The van der Waals surface area contributed by atoms with Crippen LogP contribution in [-0.4, -0.2) is 53.6 Å². The summed E-state index contributed by atoms with van der Waals surface area (Å²) < 4.78 is 6.58. The van der Waals surface area contributed by atoms with Gasteiger partial charge in [-0.3, -0.25) is 9.69 Å². The fourth-order valence-corrected chi connectivity index (χ4v) is 4.93. The molecule has 1 spiro atoms. The van der Waals surface area contributed by atoms with Gasteiger partial charge >= 0.3 is 0 Å². The second kappa shape index (κ2) is 9.13. The molecule has 2 heterocycles. The van der Waals surface area contributed by atoms with Crippen LogP contribution in [0.4, 0.5) is 0 Å². The summed E-state index contributed by atoms with van der Waals surface area (Å²) in [5.41, 5.74) is 2.12. The number of rotatable bonds is 4. The Bertz CT molecular complexity index is 833. The summed E-state index contributed by atoms with van der Waals surface area (Å²) >= 11 is 0. The highest BCUT2D eigenvalue weighted by Crippen LogP contribution is 2.46. The normalized spacial score (nSPS) is 23.7. The van der Waals surface area contributed by atoms with E-state index in [1.54, 1.807) is 0 Å². The summed E-state index contributed by atoms with van der Waals surface area (Å²) in [6.07, 6.45) is 4.67. The molecule has 2 saturated heterocycles. The van der Waals surface area contributed by atoms with Crippen LogP contribution in [0.1, 0.15) is 41.6 Å². The minimum atomic E-state index is -0.0610. The third-order valence-corrected chi connectivity index (χ3v) is 6.80. The first-order chi connectivity index (χ1) is 14.2. The number of benzene rings is 2. The number of nitrogens with zero attached hydrogens (tertiary/aromatic N) is 2. The van der Waals surface area contributed by atoms with Crippen molar-refractivity contribution in [2.75, 3.05) is 26.2 Å². The number of carbonyl (C=O) groups excluding carboxylic acids is 1. The van der Waals surface area contributed by atoms with Crippen molar-refractivity contribution < 1.29 is 9.53 Å². The molecule has 0 N–H and O–H groups in total. The van der Waals surface area contributed by atoms with Gasteiger partial charge in [0, 0.05) is 18.7 Å². The van der Waals surface area contributed by atoms with Gasteiger partial charge in [0.25, 0.3) is 5.91 Å². The van der Waals surface area contributed by atoms with Gasteiger partial charge in [-0.1, -0.05) is 48.5 Å². The maximum Gasteiger partial charge on any atom is 0.254 e. The molecular formula is C25H32N2O2S. The molecule has 160 valence electrons. The molecule has 1 aliphatic carbocycles. The monoisotopic (exact) mass is 424 g/mol. The smallest absolute Gasteiger partial charge is 0.254 e. The SMILES string of the molecule is O=C(c1ccccc1)N1C[C@H](C2CCN(Cc3ccccc3)CC2)OC2(CC2)C1.S. The molecule has 3 fully saturated rings. The lowest BCUT2D eigenvalue weighted by molar-refractivity contribution is -0.121. The van der Waals surface area contributed by atoms with Gasteiger partial charge in [-0.25, -0.2) is 0 Å². The van der Waals surface area contributed by atoms with Crippen LogP contribution in [-0.2, 0) is 11.3 Å². The highest BCUT2D eigenvalue weighted by atomic mass is 32.1. The van der Waals surface area contributed by atoms with Crippen molar-refractivity contribution in [1.82, 2.24) is 9.80 Å². The number of ether oxygens (including phenoxy) is 1. The van der Waals surface area contributed by atoms with E-state index in [1.165, 1.54) is 5.56 Å². The highest BCUT2D eigenvalue weighted by Gasteiger charge is 2.52. The molecule has 0 unspecified atom stereocenters. The summed E-state index contributed by atoms with van der Waals surface area (Å²) in [6.45, 7) is 4.74. The van der Waals surface area contributed by atoms with E-state index in [1.807, 2.05) is 30.3 Å². The Morgan fingerprint density at radius 2 is 1.60 bits per heavy atom. The van der Waals surface area contributed by atoms with Gasteiger partial charge in [0.2, 0.25) is 0 Å². The molecule has 0 aromatic heterocycles. The van der Waals surface area contributed by atoms with Gasteiger partial charge in [0.05, 0.1) is 18.2 Å². The van der Waals surface area contributed by atoms with Crippen LogP contribution in [0.15, 0.2) is 60.7 Å². The largest absolute Gasteiger partial charge is 0.368 e. The molecule has 4 nitrogen and oxygen atoms in total. The summed E-state index contributed by atoms with van der Waals surface area (Å²) in [5.74, 6) is 0.706. The fourth-order valence-electron chi connectivity index (χ4n) is 4.93. The first-order valence-corrected chi connectivity index (χ1v) is 11.0. The van der Waals surface area contributed by atoms with Crippen LogP contribution in [0.3, 0.4) is 0 Å². The van der Waals surface area contributed by atoms with Gasteiger partial charge in [-0.2, -0.15) is 13.5 Å². The van der Waals surface area contributed by atoms with Crippen molar-refractivity contribution in [3.8, 4) is 0 Å². The molecule has 2 aromatic carbocycles. The minimum absolute atomic E-state index is 0. The number of hydrogen-bond donors (Lipinski definition) is 0. The second-order valence-corrected chi connectivity index (χ2v) is 8.99. The highest BCUT2D eigenvalue weighted by molar-refractivity contribution is 7.59. The topological polar surface area (TPSA) is 32.8 Å². The van der Waals surface area contributed by atoms with E-state index < -0.39 is 0 Å². The van der Waals surface area contributed by atoms with Crippen molar-refractivity contribution >= 4 is 19.4 Å². The van der Waals surface area contributed by atoms with Crippen molar-refractivity contribution in [3.05, 3.63) is 71.8 Å². The molecule has 0 radical (unpaired) electrons. The van der Waals surface area contributed by atoms with Gasteiger partial charge in [-0.05, 0) is 62.4 Å². The van der Waals surface area contributed by atoms with E-state index in [0.717, 1.165) is 64.0 Å². The van der Waals surface area contributed by atoms with Crippen molar-refractivity contribution in [2.24, 2.45) is 5.92 Å². The number of hydrogen-bond acceptors (Lipinski definition) is 3. The third kappa shape index (κ3) is 4.74. The summed E-state index contributed by atoms with van der Waals surface area (Å²) in [6, 6.07) is 20.4. The Morgan fingerprint density at radius 1 is 0.967 bits per heavy atom. The van der Waals surface area contributed by atoms with Gasteiger partial charge in [0.15, 0.2) is 0 Å². The van der Waals surface area contributed by atoms with E-state index in [4.69, 9.17) is 4.74 Å². The average Bonchev–Trinajstić information content (AvgIpc) is 3.52. The number of amides is 1. The van der Waals surface area contributed by atoms with Crippen molar-refractivity contribution in [3.63, 3.8) is 0 Å². The van der Waals surface area contributed by atoms with Crippen LogP contribution in [0.5, 0.6) is 0 Å². The quantitative estimate of drug-likeness (QED) is 0.741. The average molecular weight is 425 g/mol. The van der Waals surface area contributed by atoms with Crippen molar-refractivity contribution in [2.45, 2.75) is 43.9 Å². The zero-order valence-electron chi connectivity index (χ0n) is 17.5.